The van der Waals surface area contributed by atoms with Crippen LogP contribution in [0.25, 0.3) is 0 Å². The van der Waals surface area contributed by atoms with E-state index in [1.807, 2.05) is 27.7 Å². The fourth-order valence-corrected chi connectivity index (χ4v) is 0.468. The van der Waals surface area contributed by atoms with Crippen LogP contribution in [-0.2, 0) is 4.79 Å². The number of hydrogen-bond acceptors (Lipinski definition) is 1. The van der Waals surface area contributed by atoms with Crippen LogP contribution in [0.4, 0.5) is 0 Å². The lowest BCUT2D eigenvalue weighted by Crippen LogP contribution is -2.22. The molecule has 1 atom stereocenters. The minimum absolute atomic E-state index is 0.0127. The summed E-state index contributed by atoms with van der Waals surface area (Å²) in [5, 5.41) is 2.56. The summed E-state index contributed by atoms with van der Waals surface area (Å²) in [5.74, 6) is 5.97. The lowest BCUT2D eigenvalue weighted by Gasteiger charge is -2.08. The molecule has 0 aliphatic rings. The van der Waals surface area contributed by atoms with Crippen LogP contribution in [0.15, 0.2) is 0 Å². The predicted molar refractivity (Wildman–Crippen MR) is 45.9 cm³/mol. The number of hydrogen-bond donors (Lipinski definition) is 1. The maximum Gasteiger partial charge on any atom is 0.208 e. The van der Waals surface area contributed by atoms with Gasteiger partial charge in [-0.15, -0.1) is 0 Å². The van der Waals surface area contributed by atoms with Gasteiger partial charge in [0.25, 0.3) is 0 Å². The van der Waals surface area contributed by atoms with Crippen molar-refractivity contribution in [2.75, 3.05) is 0 Å². The zero-order valence-corrected chi connectivity index (χ0v) is 7.56. The predicted octanol–water partition coefficient (Wildman–Crippen LogP) is 1.17. The highest BCUT2D eigenvalue weighted by Gasteiger charge is 2.03. The Morgan fingerprint density at radius 3 is 2.36 bits per heavy atom. The highest BCUT2D eigenvalue weighted by atomic mass is 16.1. The molecule has 11 heavy (non-hydrogen) atoms. The van der Waals surface area contributed by atoms with Crippen molar-refractivity contribution in [1.29, 1.82) is 0 Å². The Hall–Kier alpha value is -0.970. The van der Waals surface area contributed by atoms with Gasteiger partial charge in [-0.3, -0.25) is 4.79 Å². The first-order valence-electron chi connectivity index (χ1n) is 3.68. The lowest BCUT2D eigenvalue weighted by molar-refractivity contribution is -0.109. The van der Waals surface area contributed by atoms with Crippen LogP contribution < -0.4 is 5.32 Å². The molecule has 0 unspecified atom stereocenters. The summed E-state index contributed by atoms with van der Waals surface area (Å²) in [6.07, 6.45) is 0.669. The van der Waals surface area contributed by atoms with E-state index in [1.165, 1.54) is 0 Å². The monoisotopic (exact) mass is 153 g/mol. The molecule has 0 saturated heterocycles. The second-order valence-corrected chi connectivity index (χ2v) is 3.53. The minimum Gasteiger partial charge on any atom is -0.345 e. The lowest BCUT2D eigenvalue weighted by atomic mass is 9.97. The van der Waals surface area contributed by atoms with E-state index in [0.29, 0.717) is 6.41 Å². The van der Waals surface area contributed by atoms with Crippen LogP contribution in [0.3, 0.4) is 0 Å². The molecule has 0 bridgehead atoms. The summed E-state index contributed by atoms with van der Waals surface area (Å²) < 4.78 is 0. The van der Waals surface area contributed by atoms with E-state index in [9.17, 15) is 4.79 Å². The molecule has 1 amide bonds. The van der Waals surface area contributed by atoms with Crippen LogP contribution in [0.1, 0.15) is 27.7 Å². The van der Waals surface area contributed by atoms with Crippen LogP contribution >= 0.6 is 0 Å². The zero-order valence-electron chi connectivity index (χ0n) is 7.56. The van der Waals surface area contributed by atoms with Gasteiger partial charge in [-0.1, -0.05) is 11.8 Å². The van der Waals surface area contributed by atoms with Crippen molar-refractivity contribution in [3.8, 4) is 11.8 Å². The van der Waals surface area contributed by atoms with Crippen molar-refractivity contribution in [2.45, 2.75) is 33.7 Å². The Morgan fingerprint density at radius 2 is 2.00 bits per heavy atom. The Morgan fingerprint density at radius 1 is 1.45 bits per heavy atom. The molecule has 0 aromatic heterocycles. The van der Waals surface area contributed by atoms with E-state index in [-0.39, 0.29) is 11.5 Å². The van der Waals surface area contributed by atoms with E-state index in [2.05, 4.69) is 17.2 Å². The molecule has 1 N–H and O–H groups in total. The summed E-state index contributed by atoms with van der Waals surface area (Å²) in [7, 11) is 0. The minimum atomic E-state index is -0.0493. The van der Waals surface area contributed by atoms with Gasteiger partial charge in [0.05, 0.1) is 6.04 Å². The summed E-state index contributed by atoms with van der Waals surface area (Å²) >= 11 is 0. The number of nitrogens with one attached hydrogen (secondary N) is 1. The molecule has 0 heterocycles. The van der Waals surface area contributed by atoms with Crippen molar-refractivity contribution in [1.82, 2.24) is 5.32 Å². The van der Waals surface area contributed by atoms with E-state index in [1.54, 1.807) is 0 Å². The summed E-state index contributed by atoms with van der Waals surface area (Å²) in [6.45, 7) is 7.96. The summed E-state index contributed by atoms with van der Waals surface area (Å²) in [6, 6.07) is -0.0493. The molecular formula is C9H15NO. The molecule has 0 aliphatic carbocycles. The van der Waals surface area contributed by atoms with E-state index in [0.717, 1.165) is 0 Å². The third-order valence-corrected chi connectivity index (χ3v) is 0.982. The van der Waals surface area contributed by atoms with Gasteiger partial charge in [-0.2, -0.15) is 0 Å². The van der Waals surface area contributed by atoms with Gasteiger partial charge in [0.2, 0.25) is 6.41 Å². The van der Waals surface area contributed by atoms with E-state index < -0.39 is 0 Å². The number of rotatable bonds is 2. The molecule has 62 valence electrons. The Kier molecular flexibility index (Phi) is 3.67. The van der Waals surface area contributed by atoms with Crippen molar-refractivity contribution in [3.05, 3.63) is 0 Å². The smallest absolute Gasteiger partial charge is 0.208 e. The van der Waals surface area contributed by atoms with Crippen LogP contribution in [0.5, 0.6) is 0 Å². The molecule has 0 spiro atoms. The van der Waals surface area contributed by atoms with Gasteiger partial charge in [0, 0.05) is 5.41 Å². The summed E-state index contributed by atoms with van der Waals surface area (Å²) in [5.41, 5.74) is 0.0127. The molecule has 0 aromatic carbocycles. The summed E-state index contributed by atoms with van der Waals surface area (Å²) in [4.78, 5) is 9.96. The maximum absolute atomic E-state index is 9.96. The first-order chi connectivity index (χ1) is 4.95. The van der Waals surface area contributed by atoms with Gasteiger partial charge >= 0.3 is 0 Å². The first kappa shape index (κ1) is 10.0. The molecule has 0 radical (unpaired) electrons. The van der Waals surface area contributed by atoms with Crippen LogP contribution in [0.2, 0.25) is 0 Å². The molecule has 0 saturated carbocycles. The average Bonchev–Trinajstić information content (AvgIpc) is 1.83. The number of carbonyl (C=O) groups is 1. The van der Waals surface area contributed by atoms with Crippen LogP contribution in [-0.4, -0.2) is 12.5 Å². The van der Waals surface area contributed by atoms with E-state index >= 15 is 0 Å². The van der Waals surface area contributed by atoms with Gasteiger partial charge < -0.3 is 5.32 Å². The Bertz CT molecular complexity index is 180. The highest BCUT2D eigenvalue weighted by Crippen LogP contribution is 2.09. The standard InChI is InChI=1S/C9H15NO/c1-8(10-7-11)5-6-9(2,3)4/h7-8H,1-4H3,(H,10,11)/t8-/m0/s1. The quantitative estimate of drug-likeness (QED) is 0.468. The van der Waals surface area contributed by atoms with Crippen LogP contribution in [0, 0.1) is 17.3 Å². The largest absolute Gasteiger partial charge is 0.345 e. The molecule has 0 aromatic rings. The van der Waals surface area contributed by atoms with Gasteiger partial charge in [0.15, 0.2) is 0 Å². The average molecular weight is 153 g/mol. The fourth-order valence-electron chi connectivity index (χ4n) is 0.468. The molecule has 0 rings (SSSR count). The fraction of sp³-hybridized carbons (Fsp3) is 0.667. The molecule has 2 nitrogen and oxygen atoms in total. The zero-order chi connectivity index (χ0) is 8.91. The molecule has 2 heteroatoms. The molecular weight excluding hydrogens is 138 g/mol. The normalized spacial score (nSPS) is 12.7. The Labute approximate surface area is 68.4 Å². The second-order valence-electron chi connectivity index (χ2n) is 3.53. The van der Waals surface area contributed by atoms with Crippen molar-refractivity contribution in [2.24, 2.45) is 5.41 Å². The topological polar surface area (TPSA) is 29.1 Å². The number of carbonyl (C=O) groups excluding carboxylic acids is 1. The van der Waals surface area contributed by atoms with Gasteiger partial charge in [-0.05, 0) is 27.7 Å². The van der Waals surface area contributed by atoms with Gasteiger partial charge in [-0.25, -0.2) is 0 Å². The maximum atomic E-state index is 9.96. The van der Waals surface area contributed by atoms with Crippen molar-refractivity contribution in [3.63, 3.8) is 0 Å². The molecule has 0 fully saturated rings. The first-order valence-corrected chi connectivity index (χ1v) is 3.68. The SMILES string of the molecule is C[C@@H](C#CC(C)(C)C)NC=O. The molecule has 0 aliphatic heterocycles. The third kappa shape index (κ3) is 6.92. The van der Waals surface area contributed by atoms with Crippen molar-refractivity contribution >= 4 is 6.41 Å². The highest BCUT2D eigenvalue weighted by molar-refractivity contribution is 5.47. The van der Waals surface area contributed by atoms with Gasteiger partial charge in [0.1, 0.15) is 0 Å². The van der Waals surface area contributed by atoms with E-state index in [4.69, 9.17) is 0 Å². The number of amides is 1. The second kappa shape index (κ2) is 4.02. The Balaban J connectivity index is 3.96. The third-order valence-electron chi connectivity index (χ3n) is 0.982. The van der Waals surface area contributed by atoms with Crippen molar-refractivity contribution < 1.29 is 4.79 Å².